The molecule has 2 saturated heterocycles. The van der Waals surface area contributed by atoms with Crippen molar-refractivity contribution in [2.75, 3.05) is 12.4 Å². The molecule has 7 atom stereocenters. The molecular weight excluding hydrogens is 486 g/mol. The summed E-state index contributed by atoms with van der Waals surface area (Å²) in [5.74, 6) is -1.43. The number of oxazole rings is 1. The van der Waals surface area contributed by atoms with Gasteiger partial charge >= 0.3 is 0 Å². The first kappa shape index (κ1) is 26.4. The number of carboxylic acid groups (broad SMARTS) is 1. The summed E-state index contributed by atoms with van der Waals surface area (Å²) in [5, 5.41) is 14.7. The van der Waals surface area contributed by atoms with Crippen LogP contribution >= 0.6 is 0 Å². The molecule has 9 heteroatoms. The van der Waals surface area contributed by atoms with Gasteiger partial charge in [0.2, 0.25) is 0 Å². The second-order valence-corrected chi connectivity index (χ2v) is 11.1. The number of Topliss-reactive ketones (excluding diaryl/α,β-unsaturated/α-hetero) is 1. The molecule has 2 fully saturated rings. The van der Waals surface area contributed by atoms with Crippen LogP contribution in [0, 0.1) is 23.7 Å². The number of carbonyl (C=O) groups is 2. The highest BCUT2D eigenvalue weighted by Gasteiger charge is 2.52. The largest absolute Gasteiger partial charge is 0.545 e. The Bertz CT molecular complexity index is 1320. The molecule has 9 nitrogen and oxygen atoms in total. The van der Waals surface area contributed by atoms with Crippen LogP contribution in [0.15, 0.2) is 34.9 Å². The normalized spacial score (nSPS) is 30.4. The first-order valence-electron chi connectivity index (χ1n) is 13.5. The maximum absolute atomic E-state index is 13.1. The van der Waals surface area contributed by atoms with Crippen LogP contribution in [0.1, 0.15) is 73.7 Å². The second-order valence-electron chi connectivity index (χ2n) is 11.1. The van der Waals surface area contributed by atoms with E-state index in [1.54, 1.807) is 31.4 Å². The zero-order valence-corrected chi connectivity index (χ0v) is 22.6. The van der Waals surface area contributed by atoms with Crippen LogP contribution in [0.2, 0.25) is 0 Å². The standard InChI is InChI=1S/C29H37N3O6/c1-15-10-11-29(17(3)13-16(2)27(38-29)18(4)26(33)20-7-6-12-31-20)37-22(15)14-23-32-25-21(36-23)9-8-19(30-5)24(25)28(34)35/h6-9,12,15-18,22,27,30-31H,10-11,13-14H2,1-5H3,(H,34,35)/p-1/t15-,16+,17+,18-,22-,27-,29+/m0/s1. The molecule has 2 aromatic heterocycles. The molecule has 0 saturated carbocycles. The second kappa shape index (κ2) is 10.2. The van der Waals surface area contributed by atoms with Gasteiger partial charge in [-0.15, -0.1) is 0 Å². The minimum absolute atomic E-state index is 0.0177. The molecule has 3 aromatic rings. The molecular formula is C29H36N3O6-. The smallest absolute Gasteiger partial charge is 0.198 e. The average Bonchev–Trinajstić information content (AvgIpc) is 3.57. The van der Waals surface area contributed by atoms with Crippen LogP contribution in [0.5, 0.6) is 0 Å². The fourth-order valence-electron chi connectivity index (χ4n) is 6.26. The van der Waals surface area contributed by atoms with Gasteiger partial charge in [0.15, 0.2) is 23.0 Å². The van der Waals surface area contributed by atoms with Gasteiger partial charge in [-0.25, -0.2) is 4.98 Å². The number of H-pyrrole nitrogens is 1. The third kappa shape index (κ3) is 4.62. The Morgan fingerprint density at radius 2 is 2.00 bits per heavy atom. The van der Waals surface area contributed by atoms with E-state index in [2.05, 4.69) is 36.1 Å². The Kier molecular flexibility index (Phi) is 7.09. The van der Waals surface area contributed by atoms with E-state index >= 15 is 0 Å². The van der Waals surface area contributed by atoms with Crippen LogP contribution in [0.3, 0.4) is 0 Å². The van der Waals surface area contributed by atoms with E-state index in [0.29, 0.717) is 29.3 Å². The predicted molar refractivity (Wildman–Crippen MR) is 140 cm³/mol. The molecule has 1 aromatic carbocycles. The van der Waals surface area contributed by atoms with Gasteiger partial charge in [0.1, 0.15) is 5.52 Å². The first-order valence-corrected chi connectivity index (χ1v) is 13.5. The summed E-state index contributed by atoms with van der Waals surface area (Å²) in [6.45, 7) is 8.37. The SMILES string of the molecule is CNc1ccc2oc(C[C@@H]3O[C@]4(CC[C@@H]3C)O[C@H]([C@@H](C)C(=O)c3ccc[nH]3)[C@H](C)C[C@H]4C)nc2c1C(=O)[O-]. The van der Waals surface area contributed by atoms with E-state index in [0.717, 1.165) is 19.3 Å². The van der Waals surface area contributed by atoms with Crippen molar-refractivity contribution in [1.29, 1.82) is 0 Å². The van der Waals surface area contributed by atoms with Gasteiger partial charge in [-0.3, -0.25) is 4.79 Å². The lowest BCUT2D eigenvalue weighted by Gasteiger charge is -2.53. The number of aromatic nitrogens is 2. The number of ether oxygens (including phenoxy) is 2. The molecule has 0 radical (unpaired) electrons. The molecule has 2 N–H and O–H groups in total. The third-order valence-corrected chi connectivity index (χ3v) is 8.53. The fourth-order valence-corrected chi connectivity index (χ4v) is 6.26. The molecule has 2 aliphatic rings. The number of anilines is 1. The highest BCUT2D eigenvalue weighted by atomic mass is 16.7. The van der Waals surface area contributed by atoms with E-state index in [1.807, 2.05) is 13.0 Å². The summed E-state index contributed by atoms with van der Waals surface area (Å²) in [5.41, 5.74) is 1.65. The molecule has 0 amide bonds. The van der Waals surface area contributed by atoms with Gasteiger partial charge in [-0.1, -0.05) is 27.7 Å². The van der Waals surface area contributed by atoms with Crippen molar-refractivity contribution in [2.45, 2.75) is 71.4 Å². The Labute approximate surface area is 222 Å². The topological polar surface area (TPSA) is 130 Å². The van der Waals surface area contributed by atoms with E-state index in [9.17, 15) is 14.7 Å². The number of hydrogen-bond acceptors (Lipinski definition) is 8. The predicted octanol–water partition coefficient (Wildman–Crippen LogP) is 4.20. The lowest BCUT2D eigenvalue weighted by molar-refractivity contribution is -0.355. The first-order chi connectivity index (χ1) is 18.1. The number of benzene rings is 1. The van der Waals surface area contributed by atoms with Gasteiger partial charge in [-0.05, 0) is 48.9 Å². The minimum atomic E-state index is -1.31. The summed E-state index contributed by atoms with van der Waals surface area (Å²) in [7, 11) is 1.65. The highest BCUT2D eigenvalue weighted by molar-refractivity contribution is 6.05. The number of aromatic amines is 1. The van der Waals surface area contributed by atoms with Crippen molar-refractivity contribution in [3.8, 4) is 0 Å². The van der Waals surface area contributed by atoms with Gasteiger partial charge in [0, 0.05) is 37.2 Å². The molecule has 0 unspecified atom stereocenters. The molecule has 0 aliphatic carbocycles. The summed E-state index contributed by atoms with van der Waals surface area (Å²) in [6.07, 6.45) is 4.15. The molecule has 5 rings (SSSR count). The molecule has 1 spiro atoms. The Morgan fingerprint density at radius 3 is 2.68 bits per heavy atom. The number of carboxylic acids is 1. The van der Waals surface area contributed by atoms with Crippen molar-refractivity contribution in [3.05, 3.63) is 47.6 Å². The Hall–Kier alpha value is -3.17. The maximum atomic E-state index is 13.1. The van der Waals surface area contributed by atoms with E-state index in [-0.39, 0.29) is 52.7 Å². The molecule has 2 aliphatic heterocycles. The number of fused-ring (bicyclic) bond motifs is 1. The van der Waals surface area contributed by atoms with Gasteiger partial charge in [0.05, 0.1) is 35.9 Å². The number of carbonyl (C=O) groups excluding carboxylic acids is 2. The van der Waals surface area contributed by atoms with Crippen LogP contribution in [0.25, 0.3) is 11.1 Å². The minimum Gasteiger partial charge on any atom is -0.545 e. The number of hydrogen-bond donors (Lipinski definition) is 2. The number of nitrogens with zero attached hydrogens (tertiary/aromatic N) is 1. The summed E-state index contributed by atoms with van der Waals surface area (Å²) in [6, 6.07) is 6.97. The third-order valence-electron chi connectivity index (χ3n) is 8.53. The summed E-state index contributed by atoms with van der Waals surface area (Å²) < 4.78 is 19.5. The van der Waals surface area contributed by atoms with E-state index in [4.69, 9.17) is 13.9 Å². The van der Waals surface area contributed by atoms with Crippen LogP contribution in [-0.2, 0) is 15.9 Å². The van der Waals surface area contributed by atoms with E-state index in [1.165, 1.54) is 0 Å². The quantitative estimate of drug-likeness (QED) is 0.442. The van der Waals surface area contributed by atoms with Crippen LogP contribution in [-0.4, -0.2) is 46.8 Å². The van der Waals surface area contributed by atoms with Gasteiger partial charge < -0.3 is 34.1 Å². The highest BCUT2D eigenvalue weighted by Crippen LogP contribution is 2.48. The van der Waals surface area contributed by atoms with Crippen LogP contribution < -0.4 is 10.4 Å². The Balaban J connectivity index is 1.39. The van der Waals surface area contributed by atoms with Crippen molar-refractivity contribution in [3.63, 3.8) is 0 Å². The maximum Gasteiger partial charge on any atom is 0.198 e. The monoisotopic (exact) mass is 522 g/mol. The van der Waals surface area contributed by atoms with Gasteiger partial charge in [-0.2, -0.15) is 0 Å². The zero-order chi connectivity index (χ0) is 27.2. The van der Waals surface area contributed by atoms with Crippen LogP contribution in [0.4, 0.5) is 5.69 Å². The van der Waals surface area contributed by atoms with Gasteiger partial charge in [0.25, 0.3) is 0 Å². The molecule has 38 heavy (non-hydrogen) atoms. The molecule has 0 bridgehead atoms. The number of rotatable bonds is 7. The molecule has 4 heterocycles. The molecule has 204 valence electrons. The fraction of sp³-hybridized carbons (Fsp3) is 0.552. The number of ketones is 1. The lowest BCUT2D eigenvalue weighted by Crippen LogP contribution is -2.58. The Morgan fingerprint density at radius 1 is 1.21 bits per heavy atom. The average molecular weight is 523 g/mol. The summed E-state index contributed by atoms with van der Waals surface area (Å²) in [4.78, 5) is 32.5. The van der Waals surface area contributed by atoms with Crippen molar-refractivity contribution in [2.24, 2.45) is 23.7 Å². The summed E-state index contributed by atoms with van der Waals surface area (Å²) >= 11 is 0. The number of nitrogens with one attached hydrogen (secondary N) is 2. The number of aromatic carboxylic acids is 1. The zero-order valence-electron chi connectivity index (χ0n) is 22.6. The van der Waals surface area contributed by atoms with Crippen molar-refractivity contribution < 1.29 is 28.6 Å². The van der Waals surface area contributed by atoms with E-state index < -0.39 is 11.8 Å². The van der Waals surface area contributed by atoms with Crippen molar-refractivity contribution in [1.82, 2.24) is 9.97 Å². The lowest BCUT2D eigenvalue weighted by atomic mass is 9.75. The van der Waals surface area contributed by atoms with Crippen molar-refractivity contribution >= 4 is 28.5 Å².